The first-order valence-electron chi connectivity index (χ1n) is 11.1. The van der Waals surface area contributed by atoms with Crippen molar-refractivity contribution in [3.63, 3.8) is 0 Å². The topological polar surface area (TPSA) is 241 Å². The molecule has 0 bridgehead atoms. The molecule has 0 aliphatic carbocycles. The largest absolute Gasteiger partial charge is 0.459 e. The number of halogens is 4. The number of benzene rings is 1. The van der Waals surface area contributed by atoms with Gasteiger partial charge in [0.05, 0.1) is 37.1 Å². The van der Waals surface area contributed by atoms with Gasteiger partial charge in [0, 0.05) is 45.7 Å². The van der Waals surface area contributed by atoms with E-state index in [1.165, 1.54) is 27.7 Å². The molecule has 1 aromatic rings. The second-order valence-electron chi connectivity index (χ2n) is 7.09. The molecule has 1 amide bonds. The maximum Gasteiger partial charge on any atom is 0.310 e. The van der Waals surface area contributed by atoms with Gasteiger partial charge in [-0.3, -0.25) is 24.0 Å². The zero-order valence-corrected chi connectivity index (χ0v) is 26.6. The van der Waals surface area contributed by atoms with E-state index < -0.39 is 30.1 Å². The lowest BCUT2D eigenvalue weighted by molar-refractivity contribution is -0.156. The number of esters is 3. The van der Waals surface area contributed by atoms with Gasteiger partial charge in [-0.2, -0.15) is 0 Å². The Balaban J connectivity index is -0.0000000945. The van der Waals surface area contributed by atoms with Gasteiger partial charge in [0.1, 0.15) is 12.4 Å². The number of carbonyl (C=O) groups is 5. The first-order chi connectivity index (χ1) is 17.9. The summed E-state index contributed by atoms with van der Waals surface area (Å²) < 4.78 is 13.5. The Hall–Kier alpha value is -2.07. The SMILES string of the molecule is CC(=O)NC[C@@H](CCl)OC(C)=O.CC(=O)OC(C)=O.Cl.ClC[C@@H]1CO1.N.NC[C@H](O)CCl.O.O=Cc1ccccc1. The van der Waals surface area contributed by atoms with Crippen LogP contribution >= 0.6 is 47.2 Å². The summed E-state index contributed by atoms with van der Waals surface area (Å²) in [4.78, 5) is 50.5. The van der Waals surface area contributed by atoms with Crippen LogP contribution in [0.3, 0.4) is 0 Å². The molecule has 1 heterocycles. The summed E-state index contributed by atoms with van der Waals surface area (Å²) in [6.07, 6.45) is 0.274. The first-order valence-corrected chi connectivity index (χ1v) is 12.7. The number of amides is 1. The van der Waals surface area contributed by atoms with Crippen molar-refractivity contribution < 1.29 is 48.8 Å². The van der Waals surface area contributed by atoms with Gasteiger partial charge in [0.2, 0.25) is 5.91 Å². The molecule has 2 rings (SSSR count). The Morgan fingerprint density at radius 1 is 1.05 bits per heavy atom. The molecule has 0 aromatic heterocycles. The summed E-state index contributed by atoms with van der Waals surface area (Å²) in [5.74, 6) is -0.612. The maximum atomic E-state index is 10.5. The van der Waals surface area contributed by atoms with Gasteiger partial charge < -0.3 is 42.0 Å². The molecule has 242 valence electrons. The number of nitrogens with two attached hydrogens (primary N) is 1. The summed E-state index contributed by atoms with van der Waals surface area (Å²) >= 11 is 15.9. The van der Waals surface area contributed by atoms with Gasteiger partial charge in [-0.05, 0) is 0 Å². The third-order valence-electron chi connectivity index (χ3n) is 3.33. The van der Waals surface area contributed by atoms with E-state index in [1.54, 1.807) is 12.1 Å². The number of hydrogen-bond donors (Lipinski definition) is 4. The molecular formula is C24H43Cl4N3O10. The molecule has 0 unspecified atom stereocenters. The van der Waals surface area contributed by atoms with Gasteiger partial charge in [-0.25, -0.2) is 0 Å². The number of aliphatic hydroxyl groups is 1. The highest BCUT2D eigenvalue weighted by Gasteiger charge is 2.19. The highest BCUT2D eigenvalue weighted by atomic mass is 35.5. The zero-order valence-electron chi connectivity index (χ0n) is 23.5. The number of aldehydes is 1. The number of rotatable bonds is 8. The summed E-state index contributed by atoms with van der Waals surface area (Å²) in [5, 5.41) is 10.9. The lowest BCUT2D eigenvalue weighted by Gasteiger charge is -2.13. The van der Waals surface area contributed by atoms with E-state index in [0.717, 1.165) is 18.5 Å². The smallest absolute Gasteiger partial charge is 0.310 e. The zero-order chi connectivity index (χ0) is 29.9. The molecule has 0 saturated carbocycles. The number of nitrogens with one attached hydrogen (secondary N) is 1. The lowest BCUT2D eigenvalue weighted by Crippen LogP contribution is -2.34. The van der Waals surface area contributed by atoms with E-state index in [0.29, 0.717) is 12.0 Å². The molecule has 1 saturated heterocycles. The summed E-state index contributed by atoms with van der Waals surface area (Å²) in [6, 6.07) is 9.10. The van der Waals surface area contributed by atoms with Crippen LogP contribution in [0.2, 0.25) is 0 Å². The fraction of sp³-hybridized carbons (Fsp3) is 0.542. The predicted molar refractivity (Wildman–Crippen MR) is 161 cm³/mol. The van der Waals surface area contributed by atoms with Crippen molar-refractivity contribution >= 4 is 77.3 Å². The fourth-order valence-corrected chi connectivity index (χ4v) is 2.05. The molecule has 3 atom stereocenters. The van der Waals surface area contributed by atoms with Crippen LogP contribution < -0.4 is 17.2 Å². The van der Waals surface area contributed by atoms with E-state index >= 15 is 0 Å². The van der Waals surface area contributed by atoms with Gasteiger partial charge >= 0.3 is 17.9 Å². The van der Waals surface area contributed by atoms with Crippen LogP contribution in [-0.2, 0) is 33.4 Å². The van der Waals surface area contributed by atoms with Crippen LogP contribution in [0.25, 0.3) is 0 Å². The Kier molecular flexibility index (Phi) is 45.3. The van der Waals surface area contributed by atoms with Crippen LogP contribution in [-0.4, -0.2) is 96.3 Å². The van der Waals surface area contributed by atoms with E-state index in [9.17, 15) is 24.0 Å². The molecule has 1 aliphatic rings. The molecule has 13 nitrogen and oxygen atoms in total. The van der Waals surface area contributed by atoms with Gasteiger partial charge in [0.15, 0.2) is 0 Å². The Labute approximate surface area is 262 Å². The van der Waals surface area contributed by atoms with Crippen molar-refractivity contribution in [2.45, 2.75) is 46.0 Å². The molecule has 1 aromatic carbocycles. The maximum absolute atomic E-state index is 10.5. The lowest BCUT2D eigenvalue weighted by atomic mass is 10.2. The molecule has 17 heteroatoms. The van der Waals surface area contributed by atoms with Crippen LogP contribution in [0.15, 0.2) is 30.3 Å². The number of aliphatic hydroxyl groups excluding tert-OH is 1. The van der Waals surface area contributed by atoms with Crippen molar-refractivity contribution in [2.75, 3.05) is 37.3 Å². The standard InChI is InChI=1S/C7H12ClNO3.C7H6O.C4H6O3.C3H8ClNO.C3H5ClO.ClH.H3N.H2O/c1-5(10)9-4-7(3-8)12-6(2)11;8-6-7-4-2-1-3-5-7;1-3(5)7-4(2)6;4-1-3(6)2-5;4-1-3-2-5-3;;;/h7H,3-4H2,1-2H3,(H,9,10);1-6H;1-2H3;3,6H,1-2,5H2;3H,1-2H2;1H;1H3;1H2/t7-;;;2*3-;;;/m1..11.../s1. The Morgan fingerprint density at radius 2 is 1.54 bits per heavy atom. The number of ether oxygens (including phenoxy) is 3. The van der Waals surface area contributed by atoms with Crippen molar-refractivity contribution in [3.8, 4) is 0 Å². The second kappa shape index (κ2) is 36.0. The highest BCUT2D eigenvalue weighted by molar-refractivity contribution is 6.18. The normalized spacial score (nSPS) is 12.8. The number of carbonyl (C=O) groups excluding carboxylic acids is 5. The van der Waals surface area contributed by atoms with E-state index in [2.05, 4.69) is 10.1 Å². The van der Waals surface area contributed by atoms with Crippen molar-refractivity contribution in [3.05, 3.63) is 35.9 Å². The molecule has 1 fully saturated rings. The van der Waals surface area contributed by atoms with Crippen molar-refractivity contribution in [1.82, 2.24) is 11.5 Å². The highest BCUT2D eigenvalue weighted by Crippen LogP contribution is 2.08. The molecule has 0 spiro atoms. The average molecular weight is 675 g/mol. The van der Waals surface area contributed by atoms with Crippen LogP contribution in [0.5, 0.6) is 0 Å². The average Bonchev–Trinajstić information content (AvgIpc) is 3.72. The van der Waals surface area contributed by atoms with Gasteiger partial charge in [-0.15, -0.1) is 47.2 Å². The molecule has 41 heavy (non-hydrogen) atoms. The fourth-order valence-electron chi connectivity index (χ4n) is 1.57. The minimum Gasteiger partial charge on any atom is -0.459 e. The number of epoxide rings is 1. The van der Waals surface area contributed by atoms with Crippen LogP contribution in [0, 0.1) is 0 Å². The summed E-state index contributed by atoms with van der Waals surface area (Å²) in [7, 11) is 0. The minimum atomic E-state index is -0.562. The molecule has 0 radical (unpaired) electrons. The summed E-state index contributed by atoms with van der Waals surface area (Å²) in [5.41, 5.74) is 5.68. The van der Waals surface area contributed by atoms with Crippen molar-refractivity contribution in [2.24, 2.45) is 5.73 Å². The van der Waals surface area contributed by atoms with Crippen LogP contribution in [0.4, 0.5) is 0 Å². The third-order valence-corrected chi connectivity index (χ3v) is 4.38. The van der Waals surface area contributed by atoms with Gasteiger partial charge in [-0.1, -0.05) is 30.3 Å². The van der Waals surface area contributed by atoms with E-state index in [-0.39, 0.29) is 54.8 Å². The minimum absolute atomic E-state index is 0. The molecule has 1 aliphatic heterocycles. The quantitative estimate of drug-likeness (QED) is 0.102. The molecular weight excluding hydrogens is 632 g/mol. The Morgan fingerprint density at radius 3 is 1.71 bits per heavy atom. The van der Waals surface area contributed by atoms with E-state index in [4.69, 9.17) is 55.1 Å². The predicted octanol–water partition coefficient (Wildman–Crippen LogP) is 1.82. The van der Waals surface area contributed by atoms with Crippen LogP contribution in [0.1, 0.15) is 38.1 Å². The third kappa shape index (κ3) is 48.0. The van der Waals surface area contributed by atoms with Crippen molar-refractivity contribution in [1.29, 1.82) is 0 Å². The van der Waals surface area contributed by atoms with E-state index in [1.807, 2.05) is 18.2 Å². The summed E-state index contributed by atoms with van der Waals surface area (Å²) in [6.45, 7) is 6.45. The first kappa shape index (κ1) is 51.6. The van der Waals surface area contributed by atoms with Gasteiger partial charge in [0.25, 0.3) is 0 Å². The number of alkyl halides is 3. The monoisotopic (exact) mass is 673 g/mol. The Bertz CT molecular complexity index is 776. The second-order valence-corrected chi connectivity index (χ2v) is 8.02. The molecule has 9 N–H and O–H groups in total. The number of hydrogen-bond acceptors (Lipinski definition) is 11.